The number of aliphatic carboxylic acids is 1. The predicted molar refractivity (Wildman–Crippen MR) is 159 cm³/mol. The lowest BCUT2D eigenvalue weighted by Crippen LogP contribution is -2.26. The van der Waals surface area contributed by atoms with Crippen LogP contribution < -0.4 is 10.1 Å². The molecule has 0 aliphatic rings. The Bertz CT molecular complexity index is 1640. The number of ether oxygens (including phenoxy) is 1. The summed E-state index contributed by atoms with van der Waals surface area (Å²) in [6, 6.07) is 29.0. The molecule has 0 spiro atoms. The number of H-pyrrole nitrogens is 1. The lowest BCUT2D eigenvalue weighted by molar-refractivity contribution is -0.136. The van der Waals surface area contributed by atoms with Gasteiger partial charge in [0, 0.05) is 35.1 Å². The van der Waals surface area contributed by atoms with Gasteiger partial charge in [-0.05, 0) is 70.1 Å². The lowest BCUT2D eigenvalue weighted by atomic mass is 9.74. The van der Waals surface area contributed by atoms with Gasteiger partial charge >= 0.3 is 5.97 Å². The van der Waals surface area contributed by atoms with Crippen molar-refractivity contribution in [2.45, 2.75) is 38.0 Å². The highest BCUT2D eigenvalue weighted by molar-refractivity contribution is 5.94. The zero-order valence-electron chi connectivity index (χ0n) is 22.8. The summed E-state index contributed by atoms with van der Waals surface area (Å²) < 4.78 is 5.43. The molecule has 6 nitrogen and oxygen atoms in total. The Kier molecular flexibility index (Phi) is 8.15. The first-order valence-electron chi connectivity index (χ1n) is 13.7. The Morgan fingerprint density at radius 3 is 2.40 bits per heavy atom. The van der Waals surface area contributed by atoms with E-state index in [0.29, 0.717) is 5.56 Å². The third kappa shape index (κ3) is 5.71. The van der Waals surface area contributed by atoms with Gasteiger partial charge in [0.1, 0.15) is 5.75 Å². The van der Waals surface area contributed by atoms with Crippen LogP contribution in [0.3, 0.4) is 0 Å². The van der Waals surface area contributed by atoms with Crippen molar-refractivity contribution in [2.75, 3.05) is 13.7 Å². The molecule has 40 heavy (non-hydrogen) atoms. The maximum absolute atomic E-state index is 12.6. The minimum Gasteiger partial charge on any atom is -0.497 e. The van der Waals surface area contributed by atoms with Crippen molar-refractivity contribution in [2.24, 2.45) is 0 Å². The molecule has 0 bridgehead atoms. The van der Waals surface area contributed by atoms with E-state index >= 15 is 0 Å². The van der Waals surface area contributed by atoms with Gasteiger partial charge in [0.2, 0.25) is 0 Å². The minimum absolute atomic E-state index is 0.0813. The van der Waals surface area contributed by atoms with Crippen LogP contribution in [0.1, 0.15) is 65.1 Å². The monoisotopic (exact) mass is 534 g/mol. The van der Waals surface area contributed by atoms with Gasteiger partial charge in [0.15, 0.2) is 0 Å². The molecule has 0 saturated carbocycles. The maximum atomic E-state index is 12.6. The van der Waals surface area contributed by atoms with Crippen LogP contribution in [0.2, 0.25) is 0 Å². The molecule has 4 aromatic carbocycles. The number of methoxy groups -OCH3 is 1. The van der Waals surface area contributed by atoms with Gasteiger partial charge in [0.05, 0.1) is 13.5 Å². The number of amides is 1. The number of carbonyl (C=O) groups is 2. The van der Waals surface area contributed by atoms with Crippen LogP contribution in [0, 0.1) is 0 Å². The molecule has 2 atom stereocenters. The summed E-state index contributed by atoms with van der Waals surface area (Å²) in [7, 11) is 1.68. The van der Waals surface area contributed by atoms with Gasteiger partial charge < -0.3 is 20.1 Å². The molecule has 204 valence electrons. The SMILES string of the molecule is CCCC(c1ccc(C(=O)NCCC(=O)O)cc1)C(c1ccc2cc(OC)ccc2c1)c1c[nH]c2ccccc12. The molecule has 0 aliphatic carbocycles. The number of para-hydroxylation sites is 1. The number of benzene rings is 4. The Morgan fingerprint density at radius 1 is 0.925 bits per heavy atom. The molecule has 1 amide bonds. The molecular formula is C34H34N2O4. The number of rotatable bonds is 11. The van der Waals surface area contributed by atoms with Crippen LogP contribution in [-0.4, -0.2) is 35.6 Å². The first-order valence-corrected chi connectivity index (χ1v) is 13.7. The third-order valence-corrected chi connectivity index (χ3v) is 7.61. The summed E-state index contributed by atoms with van der Waals surface area (Å²) in [4.78, 5) is 26.9. The molecule has 3 N–H and O–H groups in total. The van der Waals surface area contributed by atoms with Crippen molar-refractivity contribution in [3.05, 3.63) is 113 Å². The number of aromatic amines is 1. The molecule has 1 aromatic heterocycles. The lowest BCUT2D eigenvalue weighted by Gasteiger charge is -2.29. The number of hydrogen-bond acceptors (Lipinski definition) is 3. The molecular weight excluding hydrogens is 500 g/mol. The highest BCUT2D eigenvalue weighted by Crippen LogP contribution is 2.44. The molecule has 2 unspecified atom stereocenters. The second kappa shape index (κ2) is 12.1. The second-order valence-corrected chi connectivity index (χ2v) is 10.2. The van der Waals surface area contributed by atoms with Crippen molar-refractivity contribution in [1.82, 2.24) is 10.3 Å². The molecule has 0 saturated heterocycles. The summed E-state index contributed by atoms with van der Waals surface area (Å²) in [6.07, 6.45) is 4.01. The van der Waals surface area contributed by atoms with Gasteiger partial charge in [-0.25, -0.2) is 0 Å². The Morgan fingerprint density at radius 2 is 1.65 bits per heavy atom. The molecule has 0 aliphatic heterocycles. The number of fused-ring (bicyclic) bond motifs is 2. The Labute approximate surface area is 234 Å². The first-order chi connectivity index (χ1) is 19.5. The van der Waals surface area contributed by atoms with E-state index in [0.717, 1.165) is 40.4 Å². The van der Waals surface area contributed by atoms with E-state index in [1.165, 1.54) is 16.5 Å². The third-order valence-electron chi connectivity index (χ3n) is 7.61. The average molecular weight is 535 g/mol. The van der Waals surface area contributed by atoms with Gasteiger partial charge in [-0.2, -0.15) is 0 Å². The number of nitrogens with one attached hydrogen (secondary N) is 2. The van der Waals surface area contributed by atoms with E-state index in [1.54, 1.807) is 7.11 Å². The fraction of sp³-hybridized carbons (Fsp3) is 0.235. The highest BCUT2D eigenvalue weighted by atomic mass is 16.5. The van der Waals surface area contributed by atoms with E-state index in [9.17, 15) is 9.59 Å². The van der Waals surface area contributed by atoms with Crippen LogP contribution in [0.5, 0.6) is 5.75 Å². The minimum atomic E-state index is -0.936. The summed E-state index contributed by atoms with van der Waals surface area (Å²) >= 11 is 0. The average Bonchev–Trinajstić information content (AvgIpc) is 3.40. The largest absolute Gasteiger partial charge is 0.497 e. The normalized spacial score (nSPS) is 12.8. The fourth-order valence-corrected chi connectivity index (χ4v) is 5.65. The van der Waals surface area contributed by atoms with Crippen LogP contribution >= 0.6 is 0 Å². The van der Waals surface area contributed by atoms with Crippen LogP contribution in [0.25, 0.3) is 21.7 Å². The Balaban J connectivity index is 1.56. The quantitative estimate of drug-likeness (QED) is 0.166. The van der Waals surface area contributed by atoms with Crippen molar-refractivity contribution >= 4 is 33.6 Å². The molecule has 5 aromatic rings. The maximum Gasteiger partial charge on any atom is 0.305 e. The number of hydrogen-bond donors (Lipinski definition) is 3. The van der Waals surface area contributed by atoms with E-state index in [4.69, 9.17) is 9.84 Å². The molecule has 0 radical (unpaired) electrons. The molecule has 0 fully saturated rings. The topological polar surface area (TPSA) is 91.4 Å². The van der Waals surface area contributed by atoms with E-state index < -0.39 is 5.97 Å². The highest BCUT2D eigenvalue weighted by Gasteiger charge is 2.28. The fourth-order valence-electron chi connectivity index (χ4n) is 5.65. The van der Waals surface area contributed by atoms with Crippen LogP contribution in [0.4, 0.5) is 0 Å². The summed E-state index contributed by atoms with van der Waals surface area (Å²) in [5, 5.41) is 15.0. The first kappa shape index (κ1) is 27.0. The van der Waals surface area contributed by atoms with Gasteiger partial charge in [-0.1, -0.05) is 67.9 Å². The number of carboxylic acid groups (broad SMARTS) is 1. The van der Waals surface area contributed by atoms with Crippen molar-refractivity contribution in [1.29, 1.82) is 0 Å². The van der Waals surface area contributed by atoms with Crippen molar-refractivity contribution in [3.63, 3.8) is 0 Å². The van der Waals surface area contributed by atoms with Crippen molar-refractivity contribution in [3.8, 4) is 5.75 Å². The summed E-state index contributed by atoms with van der Waals surface area (Å²) in [5.74, 6) is -0.113. The zero-order chi connectivity index (χ0) is 28.1. The van der Waals surface area contributed by atoms with Crippen LogP contribution in [0.15, 0.2) is 91.1 Å². The Hall–Kier alpha value is -4.58. The van der Waals surface area contributed by atoms with Gasteiger partial charge in [-0.3, -0.25) is 9.59 Å². The van der Waals surface area contributed by atoms with E-state index in [1.807, 2.05) is 36.4 Å². The summed E-state index contributed by atoms with van der Waals surface area (Å²) in [6.45, 7) is 2.31. The predicted octanol–water partition coefficient (Wildman–Crippen LogP) is 7.25. The zero-order valence-corrected chi connectivity index (χ0v) is 22.8. The standard InChI is InChI=1S/C34H34N2O4/c1-3-6-28(22-9-11-23(12-10-22)34(39)35-18-17-32(37)38)33(30-21-36-31-8-5-4-7-29(30)31)26-14-13-25-20-27(40-2)16-15-24(25)19-26/h4-5,7-16,19-21,28,33,36H,3,6,17-18H2,1-2H3,(H,35,39)(H,37,38). The van der Waals surface area contributed by atoms with E-state index in [-0.39, 0.29) is 30.7 Å². The molecule has 5 rings (SSSR count). The number of aromatic nitrogens is 1. The van der Waals surface area contributed by atoms with Gasteiger partial charge in [-0.15, -0.1) is 0 Å². The molecule has 6 heteroatoms. The number of carboxylic acids is 1. The van der Waals surface area contributed by atoms with Gasteiger partial charge in [0.25, 0.3) is 5.91 Å². The smallest absolute Gasteiger partial charge is 0.305 e. The second-order valence-electron chi connectivity index (χ2n) is 10.2. The summed E-state index contributed by atoms with van der Waals surface area (Å²) in [5.41, 5.74) is 5.27. The van der Waals surface area contributed by atoms with Crippen LogP contribution in [-0.2, 0) is 4.79 Å². The molecule has 1 heterocycles. The van der Waals surface area contributed by atoms with E-state index in [2.05, 4.69) is 72.0 Å². The van der Waals surface area contributed by atoms with Crippen molar-refractivity contribution < 1.29 is 19.4 Å². The number of carbonyl (C=O) groups excluding carboxylic acids is 1.